The number of carbonyl (C=O) groups excluding carboxylic acids is 1. The smallest absolute Gasteiger partial charge is 0.292 e. The summed E-state index contributed by atoms with van der Waals surface area (Å²) in [6, 6.07) is 1.83. The maximum absolute atomic E-state index is 12.0. The lowest BCUT2D eigenvalue weighted by atomic mass is 10.1. The number of aromatic nitrogens is 2. The number of aryl methyl sites for hydroxylation is 2. The first-order valence-electron chi connectivity index (χ1n) is 5.24. The number of Topliss-reactive ketones (excluding diaryl/α,β-unsaturated/α-hetero) is 1. The molecular formula is C11H11N3O3S. The van der Waals surface area contributed by atoms with Crippen LogP contribution in [0.15, 0.2) is 18.5 Å². The van der Waals surface area contributed by atoms with E-state index in [0.717, 1.165) is 16.0 Å². The second kappa shape index (κ2) is 4.69. The molecule has 0 bridgehead atoms. The van der Waals surface area contributed by atoms with Gasteiger partial charge in [0.25, 0.3) is 0 Å². The Hall–Kier alpha value is -2.02. The van der Waals surface area contributed by atoms with E-state index in [1.807, 2.05) is 19.9 Å². The summed E-state index contributed by atoms with van der Waals surface area (Å²) in [7, 11) is 0. The Morgan fingerprint density at radius 2 is 2.28 bits per heavy atom. The number of hydrogen-bond acceptors (Lipinski definition) is 5. The average molecular weight is 265 g/mol. The molecule has 0 aromatic carbocycles. The van der Waals surface area contributed by atoms with E-state index in [0.29, 0.717) is 5.56 Å². The van der Waals surface area contributed by atoms with Crippen LogP contribution in [0, 0.1) is 24.0 Å². The van der Waals surface area contributed by atoms with Crippen LogP contribution in [0.5, 0.6) is 0 Å². The molecule has 6 nitrogen and oxygen atoms in total. The van der Waals surface area contributed by atoms with Crippen LogP contribution < -0.4 is 0 Å². The predicted molar refractivity (Wildman–Crippen MR) is 67.0 cm³/mol. The molecule has 0 saturated carbocycles. The highest BCUT2D eigenvalue weighted by Gasteiger charge is 2.15. The molecule has 0 saturated heterocycles. The summed E-state index contributed by atoms with van der Waals surface area (Å²) in [5, 5.41) is 14.3. The summed E-state index contributed by atoms with van der Waals surface area (Å²) >= 11 is 1.56. The summed E-state index contributed by atoms with van der Waals surface area (Å²) in [5.74, 6) is -0.0881. The quantitative estimate of drug-likeness (QED) is 0.483. The number of hydrogen-bond donors (Lipinski definition) is 0. The Morgan fingerprint density at radius 1 is 1.56 bits per heavy atom. The fraction of sp³-hybridized carbons (Fsp3) is 0.273. The van der Waals surface area contributed by atoms with Crippen LogP contribution in [0.4, 0.5) is 5.69 Å². The van der Waals surface area contributed by atoms with E-state index < -0.39 is 4.92 Å². The van der Waals surface area contributed by atoms with Crippen LogP contribution in [0.3, 0.4) is 0 Å². The van der Waals surface area contributed by atoms with Gasteiger partial charge in [0.15, 0.2) is 5.78 Å². The van der Waals surface area contributed by atoms with Gasteiger partial charge in [0.1, 0.15) is 18.9 Å². The van der Waals surface area contributed by atoms with E-state index in [2.05, 4.69) is 5.10 Å². The van der Waals surface area contributed by atoms with Crippen molar-refractivity contribution in [1.29, 1.82) is 0 Å². The molecule has 2 heterocycles. The maximum Gasteiger partial charge on any atom is 0.307 e. The molecular weight excluding hydrogens is 254 g/mol. The van der Waals surface area contributed by atoms with Crippen molar-refractivity contribution in [2.75, 3.05) is 0 Å². The number of nitro groups is 1. The predicted octanol–water partition coefficient (Wildman–Crippen LogP) is 2.35. The molecule has 0 fully saturated rings. The van der Waals surface area contributed by atoms with Gasteiger partial charge in [-0.05, 0) is 19.9 Å². The Labute approximate surface area is 107 Å². The summed E-state index contributed by atoms with van der Waals surface area (Å²) in [5.41, 5.74) is 0.552. The van der Waals surface area contributed by atoms with Gasteiger partial charge in [0.2, 0.25) is 0 Å². The third-order valence-corrected chi connectivity index (χ3v) is 3.44. The lowest BCUT2D eigenvalue weighted by Gasteiger charge is -1.99. The van der Waals surface area contributed by atoms with Crippen LogP contribution in [0.2, 0.25) is 0 Å². The summed E-state index contributed by atoms with van der Waals surface area (Å²) in [6.07, 6.45) is 2.39. The Kier molecular flexibility index (Phi) is 3.24. The minimum absolute atomic E-state index is 0.0187. The first-order chi connectivity index (χ1) is 8.47. The second-order valence-electron chi connectivity index (χ2n) is 3.90. The van der Waals surface area contributed by atoms with Gasteiger partial charge in [-0.15, -0.1) is 11.3 Å². The van der Waals surface area contributed by atoms with Gasteiger partial charge >= 0.3 is 5.69 Å². The lowest BCUT2D eigenvalue weighted by molar-refractivity contribution is -0.385. The summed E-state index contributed by atoms with van der Waals surface area (Å²) < 4.78 is 1.28. The van der Waals surface area contributed by atoms with E-state index in [-0.39, 0.29) is 18.0 Å². The molecule has 0 aliphatic rings. The highest BCUT2D eigenvalue weighted by Crippen LogP contribution is 2.21. The van der Waals surface area contributed by atoms with Crippen molar-refractivity contribution in [3.8, 4) is 0 Å². The largest absolute Gasteiger partial charge is 0.307 e. The van der Waals surface area contributed by atoms with E-state index in [9.17, 15) is 14.9 Å². The van der Waals surface area contributed by atoms with Crippen molar-refractivity contribution in [1.82, 2.24) is 9.78 Å². The number of rotatable bonds is 4. The average Bonchev–Trinajstić information content (AvgIpc) is 2.85. The minimum atomic E-state index is -0.534. The summed E-state index contributed by atoms with van der Waals surface area (Å²) in [6.45, 7) is 3.84. The Morgan fingerprint density at radius 3 is 2.78 bits per heavy atom. The molecule has 18 heavy (non-hydrogen) atoms. The normalized spacial score (nSPS) is 10.6. The minimum Gasteiger partial charge on any atom is -0.292 e. The first-order valence-corrected chi connectivity index (χ1v) is 6.06. The Balaban J connectivity index is 2.16. The van der Waals surface area contributed by atoms with Crippen molar-refractivity contribution in [3.63, 3.8) is 0 Å². The van der Waals surface area contributed by atoms with E-state index in [4.69, 9.17) is 0 Å². The standard InChI is InChI=1S/C11H11N3O3S/c1-7-3-10(8(2)18-7)11(15)6-13-5-9(4-12-13)14(16)17/h3-5H,6H2,1-2H3. The molecule has 0 aliphatic heterocycles. The van der Waals surface area contributed by atoms with Gasteiger partial charge in [-0.3, -0.25) is 19.6 Å². The summed E-state index contributed by atoms with van der Waals surface area (Å²) in [4.78, 5) is 24.0. The number of nitrogens with zero attached hydrogens (tertiary/aromatic N) is 3. The van der Waals surface area contributed by atoms with Crippen molar-refractivity contribution in [2.24, 2.45) is 0 Å². The molecule has 0 atom stereocenters. The van der Waals surface area contributed by atoms with E-state index in [1.165, 1.54) is 10.9 Å². The van der Waals surface area contributed by atoms with Crippen LogP contribution in [0.25, 0.3) is 0 Å². The third kappa shape index (κ3) is 2.45. The lowest BCUT2D eigenvalue weighted by Crippen LogP contribution is -2.10. The monoisotopic (exact) mass is 265 g/mol. The molecule has 94 valence electrons. The molecule has 0 unspecified atom stereocenters. The molecule has 0 amide bonds. The zero-order valence-electron chi connectivity index (χ0n) is 9.91. The fourth-order valence-electron chi connectivity index (χ4n) is 1.67. The van der Waals surface area contributed by atoms with Crippen molar-refractivity contribution in [2.45, 2.75) is 20.4 Å². The molecule has 7 heteroatoms. The molecule has 2 rings (SSSR count). The van der Waals surface area contributed by atoms with E-state index >= 15 is 0 Å². The van der Waals surface area contributed by atoms with Crippen molar-refractivity contribution < 1.29 is 9.72 Å². The van der Waals surface area contributed by atoms with Crippen LogP contribution >= 0.6 is 11.3 Å². The van der Waals surface area contributed by atoms with Gasteiger partial charge < -0.3 is 0 Å². The van der Waals surface area contributed by atoms with Crippen LogP contribution in [-0.2, 0) is 6.54 Å². The van der Waals surface area contributed by atoms with Crippen LogP contribution in [-0.4, -0.2) is 20.5 Å². The van der Waals surface area contributed by atoms with Gasteiger partial charge in [0, 0.05) is 15.3 Å². The number of thiophene rings is 1. The van der Waals surface area contributed by atoms with Gasteiger partial charge in [-0.1, -0.05) is 0 Å². The van der Waals surface area contributed by atoms with Gasteiger partial charge in [-0.2, -0.15) is 5.10 Å². The molecule has 0 spiro atoms. The molecule has 0 radical (unpaired) electrons. The third-order valence-electron chi connectivity index (χ3n) is 2.48. The molecule has 0 aliphatic carbocycles. The zero-order chi connectivity index (χ0) is 13.3. The van der Waals surface area contributed by atoms with Gasteiger partial charge in [-0.25, -0.2) is 0 Å². The highest BCUT2D eigenvalue weighted by molar-refractivity contribution is 7.12. The SMILES string of the molecule is Cc1cc(C(=O)Cn2cc([N+](=O)[O-])cn2)c(C)s1. The topological polar surface area (TPSA) is 78.0 Å². The Bertz CT molecular complexity index is 615. The fourth-order valence-corrected chi connectivity index (χ4v) is 2.62. The zero-order valence-corrected chi connectivity index (χ0v) is 10.7. The highest BCUT2D eigenvalue weighted by atomic mass is 32.1. The number of ketones is 1. The maximum atomic E-state index is 12.0. The molecule has 2 aromatic heterocycles. The first kappa shape index (κ1) is 12.4. The molecule has 2 aromatic rings. The second-order valence-corrected chi connectivity index (χ2v) is 5.36. The van der Waals surface area contributed by atoms with Gasteiger partial charge in [0.05, 0.1) is 4.92 Å². The van der Waals surface area contributed by atoms with Crippen LogP contribution in [0.1, 0.15) is 20.1 Å². The molecule has 0 N–H and O–H groups in total. The van der Waals surface area contributed by atoms with Crippen molar-refractivity contribution >= 4 is 22.8 Å². The number of carbonyl (C=O) groups is 1. The van der Waals surface area contributed by atoms with Crippen molar-refractivity contribution in [3.05, 3.63) is 43.9 Å². The van der Waals surface area contributed by atoms with E-state index in [1.54, 1.807) is 11.3 Å².